The summed E-state index contributed by atoms with van der Waals surface area (Å²) in [5.74, 6) is 2.87. The second-order valence-corrected chi connectivity index (χ2v) is 9.54. The fourth-order valence-electron chi connectivity index (χ4n) is 5.25. The van der Waals surface area contributed by atoms with Crippen molar-refractivity contribution in [2.75, 3.05) is 0 Å². The van der Waals surface area contributed by atoms with Crippen molar-refractivity contribution in [2.45, 2.75) is 56.9 Å². The van der Waals surface area contributed by atoms with E-state index in [1.807, 2.05) is 19.9 Å². The molecule has 3 nitrogen and oxygen atoms in total. The fraction of sp³-hybridized carbons (Fsp3) is 0.667. The molecule has 0 amide bonds. The minimum Gasteiger partial charge on any atom is -0.208 e. The van der Waals surface area contributed by atoms with E-state index in [0.29, 0.717) is 16.7 Å². The molecule has 4 fully saturated rings. The van der Waals surface area contributed by atoms with Crippen molar-refractivity contribution in [3.8, 4) is 0 Å². The largest absolute Gasteiger partial charge is 0.240 e. The van der Waals surface area contributed by atoms with E-state index >= 15 is 0 Å². The first-order chi connectivity index (χ1) is 10.4. The Hall–Kier alpha value is -0.870. The van der Waals surface area contributed by atoms with Crippen LogP contribution in [0.5, 0.6) is 0 Å². The Morgan fingerprint density at radius 2 is 1.50 bits per heavy atom. The van der Waals surface area contributed by atoms with Crippen LogP contribution in [0.4, 0.5) is 0 Å². The number of benzene rings is 1. The molecule has 1 aromatic rings. The van der Waals surface area contributed by atoms with Crippen LogP contribution in [0.3, 0.4) is 0 Å². The normalized spacial score (nSPS) is 36.7. The van der Waals surface area contributed by atoms with Crippen molar-refractivity contribution in [3.63, 3.8) is 0 Å². The van der Waals surface area contributed by atoms with Crippen LogP contribution in [0.2, 0.25) is 0 Å². The van der Waals surface area contributed by atoms with Gasteiger partial charge in [-0.25, -0.2) is 13.1 Å². The third-order valence-corrected chi connectivity index (χ3v) is 7.76. The lowest BCUT2D eigenvalue weighted by Gasteiger charge is -2.54. The number of hydrogen-bond donors (Lipinski definition) is 1. The summed E-state index contributed by atoms with van der Waals surface area (Å²) >= 11 is 0. The molecule has 0 unspecified atom stereocenters. The van der Waals surface area contributed by atoms with E-state index in [2.05, 4.69) is 4.72 Å². The van der Waals surface area contributed by atoms with Gasteiger partial charge in [0.25, 0.3) is 0 Å². The van der Waals surface area contributed by atoms with Gasteiger partial charge in [0.05, 0.1) is 4.90 Å². The summed E-state index contributed by atoms with van der Waals surface area (Å²) in [7, 11) is -3.39. The molecule has 1 aromatic carbocycles. The third-order valence-electron chi connectivity index (χ3n) is 6.31. The summed E-state index contributed by atoms with van der Waals surface area (Å²) in [5, 5.41) is 0. The maximum Gasteiger partial charge on any atom is 0.240 e. The first-order valence-corrected chi connectivity index (χ1v) is 10.0. The second kappa shape index (κ2) is 5.07. The number of nitrogens with one attached hydrogen (secondary N) is 1. The molecule has 0 aromatic heterocycles. The molecule has 0 saturated heterocycles. The summed E-state index contributed by atoms with van der Waals surface area (Å²) < 4.78 is 28.6. The topological polar surface area (TPSA) is 46.2 Å². The van der Waals surface area contributed by atoms with Crippen LogP contribution in [0.1, 0.15) is 43.2 Å². The van der Waals surface area contributed by atoms with E-state index < -0.39 is 10.0 Å². The Kier molecular flexibility index (Phi) is 3.39. The van der Waals surface area contributed by atoms with Gasteiger partial charge in [0.2, 0.25) is 10.0 Å². The summed E-state index contributed by atoms with van der Waals surface area (Å²) in [6, 6.07) is 5.61. The van der Waals surface area contributed by atoms with Gasteiger partial charge in [-0.05, 0) is 92.9 Å². The summed E-state index contributed by atoms with van der Waals surface area (Å²) in [4.78, 5) is 0.421. The van der Waals surface area contributed by atoms with Gasteiger partial charge in [0.15, 0.2) is 0 Å². The molecule has 4 saturated carbocycles. The van der Waals surface area contributed by atoms with Gasteiger partial charge >= 0.3 is 0 Å². The van der Waals surface area contributed by atoms with E-state index in [9.17, 15) is 8.42 Å². The smallest absolute Gasteiger partial charge is 0.208 e. The van der Waals surface area contributed by atoms with Crippen molar-refractivity contribution in [3.05, 3.63) is 29.3 Å². The summed E-state index contributed by atoms with van der Waals surface area (Å²) in [6.45, 7) is 3.98. The first kappa shape index (κ1) is 14.7. The minimum absolute atomic E-state index is 0.166. The zero-order chi connectivity index (χ0) is 15.5. The lowest BCUT2D eigenvalue weighted by molar-refractivity contribution is -0.00557. The molecular formula is C18H25NO2S. The van der Waals surface area contributed by atoms with Crippen LogP contribution < -0.4 is 4.72 Å². The number of rotatable bonds is 3. The van der Waals surface area contributed by atoms with Crippen LogP contribution >= 0.6 is 0 Å². The predicted octanol–water partition coefficient (Wildman–Crippen LogP) is 3.41. The third kappa shape index (κ3) is 2.41. The van der Waals surface area contributed by atoms with Gasteiger partial charge in [-0.15, -0.1) is 0 Å². The minimum atomic E-state index is -3.39. The molecule has 5 rings (SSSR count). The van der Waals surface area contributed by atoms with E-state index in [1.165, 1.54) is 32.1 Å². The summed E-state index contributed by atoms with van der Waals surface area (Å²) in [5.41, 5.74) is 2.17. The maximum absolute atomic E-state index is 12.8. The van der Waals surface area contributed by atoms with Crippen LogP contribution in [-0.4, -0.2) is 14.5 Å². The monoisotopic (exact) mass is 319 g/mol. The summed E-state index contributed by atoms with van der Waals surface area (Å²) in [6.07, 6.45) is 6.31. The number of aryl methyl sites for hydroxylation is 2. The Morgan fingerprint density at radius 3 is 2.05 bits per heavy atom. The molecule has 4 heteroatoms. The van der Waals surface area contributed by atoms with Crippen LogP contribution in [-0.2, 0) is 10.0 Å². The molecular weight excluding hydrogens is 294 g/mol. The highest BCUT2D eigenvalue weighted by Crippen LogP contribution is 2.53. The number of sulfonamides is 1. The second-order valence-electron chi connectivity index (χ2n) is 7.82. The zero-order valence-electron chi connectivity index (χ0n) is 13.4. The standard InChI is InChI=1S/C18H25NO2S/c1-11-3-4-17(5-12(11)2)22(20,21)19-18-15-7-13-6-14(9-15)10-16(18)8-13/h3-5,13-16,18-19H,6-10H2,1-2H3. The van der Waals surface area contributed by atoms with Crippen molar-refractivity contribution >= 4 is 10.0 Å². The molecule has 1 N–H and O–H groups in total. The van der Waals surface area contributed by atoms with E-state index in [0.717, 1.165) is 23.0 Å². The highest BCUT2D eigenvalue weighted by molar-refractivity contribution is 7.89. The van der Waals surface area contributed by atoms with Crippen LogP contribution in [0.15, 0.2) is 23.1 Å². The van der Waals surface area contributed by atoms with E-state index in [-0.39, 0.29) is 6.04 Å². The molecule has 120 valence electrons. The van der Waals surface area contributed by atoms with Crippen LogP contribution in [0.25, 0.3) is 0 Å². The zero-order valence-corrected chi connectivity index (χ0v) is 14.2. The van der Waals surface area contributed by atoms with Gasteiger partial charge in [0, 0.05) is 6.04 Å². The lowest BCUT2D eigenvalue weighted by atomic mass is 9.54. The molecule has 0 heterocycles. The Bertz CT molecular complexity index is 667. The van der Waals surface area contributed by atoms with Gasteiger partial charge in [0.1, 0.15) is 0 Å². The molecule has 4 bridgehead atoms. The molecule has 4 aliphatic rings. The van der Waals surface area contributed by atoms with Crippen molar-refractivity contribution in [1.29, 1.82) is 0 Å². The Morgan fingerprint density at radius 1 is 0.909 bits per heavy atom. The maximum atomic E-state index is 12.8. The average Bonchev–Trinajstić information content (AvgIpc) is 2.45. The highest BCUT2D eigenvalue weighted by atomic mass is 32.2. The quantitative estimate of drug-likeness (QED) is 0.928. The molecule has 0 radical (unpaired) electrons. The van der Waals surface area contributed by atoms with Gasteiger partial charge in [-0.3, -0.25) is 0 Å². The van der Waals surface area contributed by atoms with Crippen molar-refractivity contribution in [2.24, 2.45) is 23.7 Å². The first-order valence-electron chi connectivity index (χ1n) is 8.52. The molecule has 22 heavy (non-hydrogen) atoms. The number of hydrogen-bond acceptors (Lipinski definition) is 2. The fourth-order valence-corrected chi connectivity index (χ4v) is 6.70. The average molecular weight is 319 g/mol. The van der Waals surface area contributed by atoms with Crippen molar-refractivity contribution < 1.29 is 8.42 Å². The van der Waals surface area contributed by atoms with Gasteiger partial charge in [-0.1, -0.05) is 6.07 Å². The Labute approximate surface area is 133 Å². The SMILES string of the molecule is Cc1ccc(S(=O)(=O)NC2C3CC4CC(C3)CC2C4)cc1C. The highest BCUT2D eigenvalue weighted by Gasteiger charge is 2.49. The molecule has 0 aliphatic heterocycles. The lowest BCUT2D eigenvalue weighted by Crippen LogP contribution is -2.55. The van der Waals surface area contributed by atoms with Crippen LogP contribution in [0, 0.1) is 37.5 Å². The Balaban J connectivity index is 1.58. The molecule has 4 aliphatic carbocycles. The molecule has 0 spiro atoms. The molecule has 0 atom stereocenters. The van der Waals surface area contributed by atoms with Crippen molar-refractivity contribution in [1.82, 2.24) is 4.72 Å². The van der Waals surface area contributed by atoms with E-state index in [1.54, 1.807) is 12.1 Å². The van der Waals surface area contributed by atoms with E-state index in [4.69, 9.17) is 0 Å². The van der Waals surface area contributed by atoms with Gasteiger partial charge < -0.3 is 0 Å². The van der Waals surface area contributed by atoms with Gasteiger partial charge in [-0.2, -0.15) is 0 Å². The predicted molar refractivity (Wildman–Crippen MR) is 87.1 cm³/mol.